The average molecular weight is 469 g/mol. The van der Waals surface area contributed by atoms with E-state index in [1.807, 2.05) is 35.7 Å². The van der Waals surface area contributed by atoms with E-state index < -0.39 is 6.04 Å². The molecule has 0 radical (unpaired) electrons. The highest BCUT2D eigenvalue weighted by molar-refractivity contribution is 9.10. The molecular formula is C23H18BrFN2OS. The SMILES string of the molecule is O=C1CC(c2cccs2)CC2=C1C(c1cc(Br)ccc1F)Nc1ccccc1N2. The molecular weight excluding hydrogens is 451 g/mol. The van der Waals surface area contributed by atoms with Crippen molar-refractivity contribution in [1.29, 1.82) is 0 Å². The van der Waals surface area contributed by atoms with E-state index in [0.29, 0.717) is 17.6 Å². The molecule has 2 unspecified atom stereocenters. The average Bonchev–Trinajstić information content (AvgIpc) is 3.19. The Morgan fingerprint density at radius 2 is 1.86 bits per heavy atom. The minimum absolute atomic E-state index is 0.0573. The number of anilines is 2. The van der Waals surface area contributed by atoms with E-state index >= 15 is 0 Å². The van der Waals surface area contributed by atoms with Gasteiger partial charge in [0.25, 0.3) is 0 Å². The predicted molar refractivity (Wildman–Crippen MR) is 119 cm³/mol. The van der Waals surface area contributed by atoms with Gasteiger partial charge in [-0.3, -0.25) is 4.79 Å². The molecule has 146 valence electrons. The van der Waals surface area contributed by atoms with Crippen LogP contribution in [0, 0.1) is 5.82 Å². The van der Waals surface area contributed by atoms with Crippen molar-refractivity contribution in [3.8, 4) is 0 Å². The van der Waals surface area contributed by atoms with E-state index in [2.05, 4.69) is 32.6 Å². The summed E-state index contributed by atoms with van der Waals surface area (Å²) >= 11 is 5.12. The maximum atomic E-state index is 14.8. The van der Waals surface area contributed by atoms with E-state index in [1.54, 1.807) is 23.5 Å². The zero-order valence-electron chi connectivity index (χ0n) is 15.4. The van der Waals surface area contributed by atoms with Crippen LogP contribution in [0.25, 0.3) is 0 Å². The van der Waals surface area contributed by atoms with Crippen molar-refractivity contribution in [3.63, 3.8) is 0 Å². The third-order valence-corrected chi connectivity index (χ3v) is 7.05. The van der Waals surface area contributed by atoms with E-state index in [1.165, 1.54) is 10.9 Å². The van der Waals surface area contributed by atoms with Crippen molar-refractivity contribution < 1.29 is 9.18 Å². The van der Waals surface area contributed by atoms with Gasteiger partial charge < -0.3 is 10.6 Å². The van der Waals surface area contributed by atoms with Crippen LogP contribution in [-0.4, -0.2) is 5.78 Å². The number of allylic oxidation sites excluding steroid dienone is 1. The minimum Gasteiger partial charge on any atom is -0.372 e. The standard InChI is InChI=1S/C23H18BrFN2OS/c24-14-7-8-16(25)15(12-14)23-22-19(26-17-4-1-2-5-18(17)27-23)10-13(11-20(22)28)21-6-3-9-29-21/h1-9,12-13,23,26-27H,10-11H2. The van der Waals surface area contributed by atoms with Gasteiger partial charge in [0.15, 0.2) is 5.78 Å². The smallest absolute Gasteiger partial charge is 0.163 e. The predicted octanol–water partition coefficient (Wildman–Crippen LogP) is 6.63. The number of para-hydroxylation sites is 2. The molecule has 2 heterocycles. The Morgan fingerprint density at radius 3 is 2.66 bits per heavy atom. The number of ketones is 1. The molecule has 3 nitrogen and oxygen atoms in total. The van der Waals surface area contributed by atoms with Gasteiger partial charge >= 0.3 is 0 Å². The zero-order chi connectivity index (χ0) is 20.0. The lowest BCUT2D eigenvalue weighted by Crippen LogP contribution is -2.27. The maximum Gasteiger partial charge on any atom is 0.163 e. The Bertz CT molecular complexity index is 1130. The molecule has 29 heavy (non-hydrogen) atoms. The van der Waals surface area contributed by atoms with Crippen LogP contribution in [0.15, 0.2) is 75.7 Å². The van der Waals surface area contributed by atoms with Crippen LogP contribution >= 0.6 is 27.3 Å². The first-order valence-corrected chi connectivity index (χ1v) is 11.1. The Labute approximate surface area is 180 Å². The number of carbonyl (C=O) groups excluding carboxylic acids is 1. The normalized spacial score (nSPS) is 21.0. The number of hydrogen-bond donors (Lipinski definition) is 2. The number of nitrogens with one attached hydrogen (secondary N) is 2. The van der Waals surface area contributed by atoms with Gasteiger partial charge in [-0.2, -0.15) is 0 Å². The molecule has 0 saturated heterocycles. The van der Waals surface area contributed by atoms with Gasteiger partial charge in [0.05, 0.1) is 17.4 Å². The van der Waals surface area contributed by atoms with Crippen LogP contribution in [0.5, 0.6) is 0 Å². The summed E-state index contributed by atoms with van der Waals surface area (Å²) in [5, 5.41) is 8.95. The summed E-state index contributed by atoms with van der Waals surface area (Å²) < 4.78 is 15.6. The zero-order valence-corrected chi connectivity index (χ0v) is 17.8. The molecule has 2 aromatic carbocycles. The molecule has 0 bridgehead atoms. The van der Waals surface area contributed by atoms with Crippen LogP contribution in [0.1, 0.15) is 35.2 Å². The van der Waals surface area contributed by atoms with E-state index in [0.717, 1.165) is 28.0 Å². The van der Waals surface area contributed by atoms with E-state index in [-0.39, 0.29) is 17.5 Å². The highest BCUT2D eigenvalue weighted by atomic mass is 79.9. The maximum absolute atomic E-state index is 14.8. The fourth-order valence-electron chi connectivity index (χ4n) is 4.19. The first-order chi connectivity index (χ1) is 14.1. The lowest BCUT2D eigenvalue weighted by molar-refractivity contribution is -0.116. The van der Waals surface area contributed by atoms with Crippen molar-refractivity contribution in [1.82, 2.24) is 0 Å². The van der Waals surface area contributed by atoms with Crippen LogP contribution in [0.3, 0.4) is 0 Å². The molecule has 2 atom stereocenters. The monoisotopic (exact) mass is 468 g/mol. The summed E-state index contributed by atoms with van der Waals surface area (Å²) in [5.74, 6) is -0.126. The molecule has 2 N–H and O–H groups in total. The lowest BCUT2D eigenvalue weighted by Gasteiger charge is -2.29. The van der Waals surface area contributed by atoms with Gasteiger partial charge in [0.1, 0.15) is 5.82 Å². The summed E-state index contributed by atoms with van der Waals surface area (Å²) in [5.41, 5.74) is 3.73. The molecule has 6 heteroatoms. The molecule has 5 rings (SSSR count). The molecule has 2 aliphatic rings. The van der Waals surface area contributed by atoms with Gasteiger partial charge in [-0.1, -0.05) is 34.1 Å². The summed E-state index contributed by atoms with van der Waals surface area (Å²) in [7, 11) is 0. The number of hydrogen-bond acceptors (Lipinski definition) is 4. The third-order valence-electron chi connectivity index (χ3n) is 5.52. The van der Waals surface area contributed by atoms with Crippen LogP contribution < -0.4 is 10.6 Å². The van der Waals surface area contributed by atoms with Gasteiger partial charge in [0.2, 0.25) is 0 Å². The quantitative estimate of drug-likeness (QED) is 0.443. The summed E-state index contributed by atoms with van der Waals surface area (Å²) in [4.78, 5) is 14.6. The number of carbonyl (C=O) groups is 1. The molecule has 0 saturated carbocycles. The second-order valence-corrected chi connectivity index (χ2v) is 9.24. The topological polar surface area (TPSA) is 41.1 Å². The Balaban J connectivity index is 1.66. The summed E-state index contributed by atoms with van der Waals surface area (Å²) in [6.45, 7) is 0. The van der Waals surface area contributed by atoms with Crippen molar-refractivity contribution in [2.75, 3.05) is 10.6 Å². The number of fused-ring (bicyclic) bond motifs is 1. The van der Waals surface area contributed by atoms with Crippen molar-refractivity contribution in [2.45, 2.75) is 24.8 Å². The van der Waals surface area contributed by atoms with Crippen molar-refractivity contribution in [2.24, 2.45) is 0 Å². The Hall–Kier alpha value is -2.44. The highest BCUT2D eigenvalue weighted by Gasteiger charge is 2.37. The number of rotatable bonds is 2. The van der Waals surface area contributed by atoms with Crippen LogP contribution in [0.4, 0.5) is 15.8 Å². The Kier molecular flexibility index (Phi) is 4.76. The number of halogens is 2. The summed E-state index contributed by atoms with van der Waals surface area (Å²) in [6, 6.07) is 16.2. The van der Waals surface area contributed by atoms with Crippen LogP contribution in [-0.2, 0) is 4.79 Å². The fraction of sp³-hybridized carbons (Fsp3) is 0.174. The first kappa shape index (κ1) is 18.6. The van der Waals surface area contributed by atoms with Crippen molar-refractivity contribution in [3.05, 3.63) is 92.0 Å². The second kappa shape index (κ2) is 7.43. The lowest BCUT2D eigenvalue weighted by atomic mass is 9.80. The highest BCUT2D eigenvalue weighted by Crippen LogP contribution is 2.45. The number of benzene rings is 2. The van der Waals surface area contributed by atoms with E-state index in [4.69, 9.17) is 0 Å². The Morgan fingerprint density at radius 1 is 1.03 bits per heavy atom. The fourth-order valence-corrected chi connectivity index (χ4v) is 5.40. The third kappa shape index (κ3) is 3.40. The molecule has 1 aromatic heterocycles. The molecule has 1 aliphatic carbocycles. The molecule has 1 aliphatic heterocycles. The molecule has 0 amide bonds. The van der Waals surface area contributed by atoms with Gasteiger partial charge in [-0.15, -0.1) is 11.3 Å². The number of Topliss-reactive ketones (excluding diaryl/α,β-unsaturated/α-hetero) is 1. The van der Waals surface area contributed by atoms with Crippen LogP contribution in [0.2, 0.25) is 0 Å². The molecule has 0 spiro atoms. The summed E-state index contributed by atoms with van der Waals surface area (Å²) in [6.07, 6.45) is 1.16. The molecule has 3 aromatic rings. The largest absolute Gasteiger partial charge is 0.372 e. The number of thiophene rings is 1. The van der Waals surface area contributed by atoms with E-state index in [9.17, 15) is 9.18 Å². The van der Waals surface area contributed by atoms with Gasteiger partial charge in [-0.05, 0) is 48.2 Å². The second-order valence-electron chi connectivity index (χ2n) is 7.35. The molecule has 0 fully saturated rings. The first-order valence-electron chi connectivity index (χ1n) is 9.47. The minimum atomic E-state index is -0.546. The van der Waals surface area contributed by atoms with Crippen molar-refractivity contribution >= 4 is 44.4 Å². The van der Waals surface area contributed by atoms with Gasteiger partial charge in [-0.25, -0.2) is 4.39 Å². The van der Waals surface area contributed by atoms with Gasteiger partial charge in [0, 0.05) is 38.5 Å².